The molecule has 168 valence electrons. The first-order valence-electron chi connectivity index (χ1n) is 10.2. The van der Waals surface area contributed by atoms with E-state index in [1.807, 2.05) is 24.3 Å². The Hall–Kier alpha value is -2.74. The topological polar surface area (TPSA) is 82.1 Å². The molecular weight excluding hydrogens is 418 g/mol. The van der Waals surface area contributed by atoms with Crippen LogP contribution in [0.15, 0.2) is 36.4 Å². The standard InChI is InChI=1S/C23H29NO6S/c1-5-16-6-8-17(9-7-16)14-24(19-10-11-31(26,27)15-19)23(25)18-12-20(28-2)22(30-4)21(13-18)29-3/h6-9,12-13,19H,5,10-11,14-15H2,1-4H3/t19-/m1/s1. The maximum absolute atomic E-state index is 13.6. The van der Waals surface area contributed by atoms with Gasteiger partial charge < -0.3 is 19.1 Å². The Balaban J connectivity index is 1.99. The molecule has 31 heavy (non-hydrogen) atoms. The van der Waals surface area contributed by atoms with Gasteiger partial charge in [0.05, 0.1) is 32.8 Å². The summed E-state index contributed by atoms with van der Waals surface area (Å²) in [4.78, 5) is 15.2. The van der Waals surface area contributed by atoms with Crippen molar-refractivity contribution in [3.8, 4) is 17.2 Å². The summed E-state index contributed by atoms with van der Waals surface area (Å²) in [5, 5.41) is 0. The van der Waals surface area contributed by atoms with Gasteiger partial charge in [-0.3, -0.25) is 4.79 Å². The van der Waals surface area contributed by atoms with Crippen LogP contribution in [0, 0.1) is 0 Å². The largest absolute Gasteiger partial charge is 0.493 e. The van der Waals surface area contributed by atoms with Gasteiger partial charge >= 0.3 is 0 Å². The number of carbonyl (C=O) groups excluding carboxylic acids is 1. The zero-order chi connectivity index (χ0) is 22.6. The number of hydrogen-bond acceptors (Lipinski definition) is 6. The van der Waals surface area contributed by atoms with Crippen molar-refractivity contribution < 1.29 is 27.4 Å². The van der Waals surface area contributed by atoms with E-state index < -0.39 is 9.84 Å². The second kappa shape index (κ2) is 9.60. The lowest BCUT2D eigenvalue weighted by atomic mass is 10.1. The Bertz CT molecular complexity index is 1010. The number of hydrogen-bond donors (Lipinski definition) is 0. The second-order valence-electron chi connectivity index (χ2n) is 7.57. The lowest BCUT2D eigenvalue weighted by Crippen LogP contribution is -2.40. The minimum Gasteiger partial charge on any atom is -0.493 e. The first-order chi connectivity index (χ1) is 14.8. The molecule has 7 nitrogen and oxygen atoms in total. The molecular formula is C23H29NO6S. The van der Waals surface area contributed by atoms with Crippen LogP contribution in [-0.2, 0) is 22.8 Å². The van der Waals surface area contributed by atoms with Gasteiger partial charge in [-0.15, -0.1) is 0 Å². The van der Waals surface area contributed by atoms with E-state index in [1.54, 1.807) is 17.0 Å². The van der Waals surface area contributed by atoms with Crippen molar-refractivity contribution in [3.63, 3.8) is 0 Å². The van der Waals surface area contributed by atoms with E-state index in [1.165, 1.54) is 26.9 Å². The van der Waals surface area contributed by atoms with E-state index in [4.69, 9.17) is 14.2 Å². The molecule has 3 rings (SSSR count). The maximum atomic E-state index is 13.6. The maximum Gasteiger partial charge on any atom is 0.254 e. The molecule has 0 N–H and O–H groups in total. The molecule has 2 aromatic carbocycles. The molecule has 1 heterocycles. The number of amides is 1. The quantitative estimate of drug-likeness (QED) is 0.619. The molecule has 0 radical (unpaired) electrons. The van der Waals surface area contributed by atoms with Crippen molar-refractivity contribution in [1.82, 2.24) is 4.90 Å². The molecule has 2 aromatic rings. The van der Waals surface area contributed by atoms with Gasteiger partial charge in [0.15, 0.2) is 21.3 Å². The summed E-state index contributed by atoms with van der Waals surface area (Å²) in [5.41, 5.74) is 2.50. The summed E-state index contributed by atoms with van der Waals surface area (Å²) >= 11 is 0. The highest BCUT2D eigenvalue weighted by Gasteiger charge is 2.35. The molecule has 1 saturated heterocycles. The zero-order valence-corrected chi connectivity index (χ0v) is 19.2. The Labute approximate surface area is 183 Å². The molecule has 1 amide bonds. The molecule has 1 atom stereocenters. The van der Waals surface area contributed by atoms with Crippen molar-refractivity contribution in [1.29, 1.82) is 0 Å². The molecule has 1 aliphatic rings. The van der Waals surface area contributed by atoms with E-state index in [0.29, 0.717) is 35.8 Å². The fraction of sp³-hybridized carbons (Fsp3) is 0.435. The first kappa shape index (κ1) is 22.9. The molecule has 0 saturated carbocycles. The Kier molecular flexibility index (Phi) is 7.10. The van der Waals surface area contributed by atoms with Crippen molar-refractivity contribution in [3.05, 3.63) is 53.1 Å². The minimum atomic E-state index is -3.16. The first-order valence-corrected chi connectivity index (χ1v) is 12.0. The summed E-state index contributed by atoms with van der Waals surface area (Å²) in [6, 6.07) is 10.8. The number of aryl methyl sites for hydroxylation is 1. The van der Waals surface area contributed by atoms with Crippen LogP contribution in [0.2, 0.25) is 0 Å². The number of methoxy groups -OCH3 is 3. The number of sulfone groups is 1. The van der Waals surface area contributed by atoms with Crippen LogP contribution in [0.3, 0.4) is 0 Å². The Morgan fingerprint density at radius 1 is 1.00 bits per heavy atom. The summed E-state index contributed by atoms with van der Waals surface area (Å²) < 4.78 is 40.4. The number of carbonyl (C=O) groups is 1. The van der Waals surface area contributed by atoms with Crippen molar-refractivity contribution in [2.75, 3.05) is 32.8 Å². The fourth-order valence-corrected chi connectivity index (χ4v) is 5.57. The molecule has 0 aliphatic carbocycles. The third-order valence-corrected chi connectivity index (χ3v) is 7.36. The van der Waals surface area contributed by atoms with Crippen LogP contribution < -0.4 is 14.2 Å². The third kappa shape index (κ3) is 5.12. The van der Waals surface area contributed by atoms with Gasteiger partial charge in [-0.05, 0) is 36.1 Å². The van der Waals surface area contributed by atoms with E-state index in [0.717, 1.165) is 12.0 Å². The highest BCUT2D eigenvalue weighted by atomic mass is 32.2. The third-order valence-electron chi connectivity index (χ3n) is 5.61. The van der Waals surface area contributed by atoms with Crippen molar-refractivity contribution >= 4 is 15.7 Å². The van der Waals surface area contributed by atoms with Crippen molar-refractivity contribution in [2.24, 2.45) is 0 Å². The van der Waals surface area contributed by atoms with Crippen LogP contribution in [0.5, 0.6) is 17.2 Å². The molecule has 0 aromatic heterocycles. The van der Waals surface area contributed by atoms with Gasteiger partial charge in [-0.25, -0.2) is 8.42 Å². The monoisotopic (exact) mass is 447 g/mol. The van der Waals surface area contributed by atoms with Gasteiger partial charge in [0, 0.05) is 18.2 Å². The predicted molar refractivity (Wildman–Crippen MR) is 119 cm³/mol. The van der Waals surface area contributed by atoms with Crippen LogP contribution in [0.4, 0.5) is 0 Å². The smallest absolute Gasteiger partial charge is 0.254 e. The van der Waals surface area contributed by atoms with Gasteiger partial charge in [0.2, 0.25) is 5.75 Å². The van der Waals surface area contributed by atoms with Crippen LogP contribution in [0.25, 0.3) is 0 Å². The number of nitrogens with zero attached hydrogens (tertiary/aromatic N) is 1. The summed E-state index contributed by atoms with van der Waals surface area (Å²) in [6.45, 7) is 2.40. The highest BCUT2D eigenvalue weighted by molar-refractivity contribution is 7.91. The van der Waals surface area contributed by atoms with E-state index in [2.05, 4.69) is 6.92 Å². The van der Waals surface area contributed by atoms with Gasteiger partial charge in [0.25, 0.3) is 5.91 Å². The normalized spacial score (nSPS) is 17.2. The molecule has 0 unspecified atom stereocenters. The summed E-state index contributed by atoms with van der Waals surface area (Å²) in [5.74, 6) is 0.919. The Morgan fingerprint density at radius 3 is 2.03 bits per heavy atom. The van der Waals surface area contributed by atoms with E-state index >= 15 is 0 Å². The number of ether oxygens (including phenoxy) is 3. The average molecular weight is 448 g/mol. The summed E-state index contributed by atoms with van der Waals surface area (Å²) in [7, 11) is 1.32. The average Bonchev–Trinajstić information content (AvgIpc) is 3.15. The lowest BCUT2D eigenvalue weighted by molar-refractivity contribution is 0.0680. The molecule has 0 bridgehead atoms. The van der Waals surface area contributed by atoms with E-state index in [9.17, 15) is 13.2 Å². The van der Waals surface area contributed by atoms with E-state index in [-0.39, 0.29) is 23.5 Å². The van der Waals surface area contributed by atoms with Gasteiger partial charge in [0.1, 0.15) is 0 Å². The van der Waals surface area contributed by atoms with Gasteiger partial charge in [-0.1, -0.05) is 31.2 Å². The molecule has 0 spiro atoms. The molecule has 8 heteroatoms. The second-order valence-corrected chi connectivity index (χ2v) is 9.80. The number of benzene rings is 2. The van der Waals surface area contributed by atoms with Crippen molar-refractivity contribution in [2.45, 2.75) is 32.4 Å². The highest BCUT2D eigenvalue weighted by Crippen LogP contribution is 2.39. The fourth-order valence-electron chi connectivity index (χ4n) is 3.84. The predicted octanol–water partition coefficient (Wildman–Crippen LogP) is 3.10. The molecule has 1 fully saturated rings. The van der Waals surface area contributed by atoms with Crippen LogP contribution in [0.1, 0.15) is 34.8 Å². The lowest BCUT2D eigenvalue weighted by Gasteiger charge is -2.29. The van der Waals surface area contributed by atoms with Crippen LogP contribution >= 0.6 is 0 Å². The van der Waals surface area contributed by atoms with Gasteiger partial charge in [-0.2, -0.15) is 0 Å². The SMILES string of the molecule is CCc1ccc(CN(C(=O)c2cc(OC)c(OC)c(OC)c2)[C@@H]2CCS(=O)(=O)C2)cc1. The summed E-state index contributed by atoms with van der Waals surface area (Å²) in [6.07, 6.45) is 1.35. The number of rotatable bonds is 8. The Morgan fingerprint density at radius 2 is 1.58 bits per heavy atom. The van der Waals surface area contributed by atoms with Crippen LogP contribution in [-0.4, -0.2) is 58.1 Å². The minimum absolute atomic E-state index is 0.0315. The molecule has 1 aliphatic heterocycles. The zero-order valence-electron chi connectivity index (χ0n) is 18.4.